The van der Waals surface area contributed by atoms with Crippen molar-refractivity contribution < 1.29 is 0 Å². The molecule has 0 unspecified atom stereocenters. The predicted molar refractivity (Wildman–Crippen MR) is 42.1 cm³/mol. The summed E-state index contributed by atoms with van der Waals surface area (Å²) in [5.74, 6) is 0. The number of hydrogen-bond donors (Lipinski definition) is 2. The molecule has 4 nitrogen and oxygen atoms in total. The number of H-pyrrole nitrogens is 2. The average molecular weight is 175 g/mol. The Morgan fingerprint density at radius 2 is 2.00 bits per heavy atom. The molecule has 0 amide bonds. The van der Waals surface area contributed by atoms with Gasteiger partial charge in [-0.1, -0.05) is 18.5 Å². The normalized spacial score (nSPS) is 10.0. The Bertz CT molecular complexity index is 366. The molecular formula is C6H7ClN2O2. The van der Waals surface area contributed by atoms with Crippen LogP contribution < -0.4 is 11.2 Å². The molecule has 0 fully saturated rings. The molecule has 1 heterocycles. The van der Waals surface area contributed by atoms with Gasteiger partial charge in [-0.2, -0.15) is 0 Å². The molecule has 1 rings (SSSR count). The Balaban J connectivity index is 3.49. The van der Waals surface area contributed by atoms with Crippen LogP contribution in [0.2, 0.25) is 5.15 Å². The third kappa shape index (κ3) is 1.51. The van der Waals surface area contributed by atoms with E-state index in [0.717, 1.165) is 0 Å². The summed E-state index contributed by atoms with van der Waals surface area (Å²) in [7, 11) is 0. The van der Waals surface area contributed by atoms with Crippen LogP contribution in [0.25, 0.3) is 0 Å². The summed E-state index contributed by atoms with van der Waals surface area (Å²) >= 11 is 5.56. The fourth-order valence-electron chi connectivity index (χ4n) is 0.800. The van der Waals surface area contributed by atoms with Gasteiger partial charge in [0.25, 0.3) is 5.56 Å². The molecule has 1 aromatic heterocycles. The van der Waals surface area contributed by atoms with E-state index in [1.165, 1.54) is 0 Å². The van der Waals surface area contributed by atoms with E-state index in [2.05, 4.69) is 9.97 Å². The van der Waals surface area contributed by atoms with Crippen LogP contribution in [0.3, 0.4) is 0 Å². The molecule has 2 N–H and O–H groups in total. The summed E-state index contributed by atoms with van der Waals surface area (Å²) < 4.78 is 0. The molecule has 0 bridgehead atoms. The zero-order valence-electron chi connectivity index (χ0n) is 5.90. The molecule has 0 aliphatic carbocycles. The minimum absolute atomic E-state index is 0.126. The average Bonchev–Trinajstić information content (AvgIpc) is 1.85. The second-order valence-electron chi connectivity index (χ2n) is 2.05. The van der Waals surface area contributed by atoms with Crippen LogP contribution in [0.15, 0.2) is 9.59 Å². The third-order valence-corrected chi connectivity index (χ3v) is 1.67. The molecule has 1 aromatic rings. The van der Waals surface area contributed by atoms with Gasteiger partial charge in [0, 0.05) is 0 Å². The summed E-state index contributed by atoms with van der Waals surface area (Å²) in [6, 6.07) is 0. The van der Waals surface area contributed by atoms with Crippen LogP contribution in [0.5, 0.6) is 0 Å². The van der Waals surface area contributed by atoms with E-state index in [0.29, 0.717) is 12.0 Å². The SMILES string of the molecule is CCc1c(Cl)[nH]c(=O)[nH]c1=O. The number of aromatic nitrogens is 2. The zero-order chi connectivity index (χ0) is 8.43. The maximum absolute atomic E-state index is 10.9. The van der Waals surface area contributed by atoms with Gasteiger partial charge in [0.15, 0.2) is 0 Å². The van der Waals surface area contributed by atoms with Gasteiger partial charge in [-0.25, -0.2) is 4.79 Å². The van der Waals surface area contributed by atoms with Gasteiger partial charge < -0.3 is 0 Å². The maximum Gasteiger partial charge on any atom is 0.326 e. The van der Waals surface area contributed by atoms with Crippen LogP contribution in [-0.2, 0) is 6.42 Å². The molecular weight excluding hydrogens is 168 g/mol. The molecule has 0 aliphatic rings. The van der Waals surface area contributed by atoms with Gasteiger partial charge in [0.2, 0.25) is 0 Å². The van der Waals surface area contributed by atoms with Gasteiger partial charge in [-0.3, -0.25) is 14.8 Å². The predicted octanol–water partition coefficient (Wildman–Crippen LogP) is 0.279. The number of halogens is 1. The van der Waals surface area contributed by atoms with Gasteiger partial charge in [0.1, 0.15) is 5.15 Å². The monoisotopic (exact) mass is 174 g/mol. The Labute approximate surface area is 67.2 Å². The van der Waals surface area contributed by atoms with E-state index in [9.17, 15) is 9.59 Å². The molecule has 5 heteroatoms. The molecule has 0 aromatic carbocycles. The number of rotatable bonds is 1. The largest absolute Gasteiger partial charge is 0.326 e. The Hall–Kier alpha value is -1.03. The highest BCUT2D eigenvalue weighted by Gasteiger charge is 2.03. The summed E-state index contributed by atoms with van der Waals surface area (Å²) in [6.45, 7) is 1.79. The third-order valence-electron chi connectivity index (χ3n) is 1.34. The van der Waals surface area contributed by atoms with E-state index < -0.39 is 11.2 Å². The molecule has 0 saturated heterocycles. The van der Waals surface area contributed by atoms with Crippen molar-refractivity contribution in [3.8, 4) is 0 Å². The standard InChI is InChI=1S/C6H7ClN2O2/c1-2-3-4(7)8-6(11)9-5(3)10/h2H2,1H3,(H2,8,9,10,11). The van der Waals surface area contributed by atoms with E-state index in [1.807, 2.05) is 0 Å². The first kappa shape index (κ1) is 8.07. The van der Waals surface area contributed by atoms with Crippen molar-refractivity contribution >= 4 is 11.6 Å². The van der Waals surface area contributed by atoms with Gasteiger partial charge >= 0.3 is 5.69 Å². The molecule has 0 radical (unpaired) electrons. The van der Waals surface area contributed by atoms with Crippen molar-refractivity contribution in [3.05, 3.63) is 31.6 Å². The highest BCUT2D eigenvalue weighted by molar-refractivity contribution is 6.30. The maximum atomic E-state index is 10.9. The lowest BCUT2D eigenvalue weighted by Crippen LogP contribution is -2.25. The van der Waals surface area contributed by atoms with Crippen LogP contribution in [0, 0.1) is 0 Å². The second kappa shape index (κ2) is 2.92. The summed E-state index contributed by atoms with van der Waals surface area (Å²) in [4.78, 5) is 25.9. The molecule has 0 atom stereocenters. The quantitative estimate of drug-likeness (QED) is 0.601. The molecule has 11 heavy (non-hydrogen) atoms. The lowest BCUT2D eigenvalue weighted by Gasteiger charge is -1.95. The van der Waals surface area contributed by atoms with Crippen molar-refractivity contribution in [2.24, 2.45) is 0 Å². The van der Waals surface area contributed by atoms with Crippen molar-refractivity contribution in [1.29, 1.82) is 0 Å². The van der Waals surface area contributed by atoms with Crippen molar-refractivity contribution in [2.75, 3.05) is 0 Å². The first-order chi connectivity index (χ1) is 5.15. The van der Waals surface area contributed by atoms with E-state index in [1.54, 1.807) is 6.92 Å². The van der Waals surface area contributed by atoms with Gasteiger partial charge in [0.05, 0.1) is 5.56 Å². The summed E-state index contributed by atoms with van der Waals surface area (Å²) in [5.41, 5.74) is -0.579. The van der Waals surface area contributed by atoms with Crippen LogP contribution in [-0.4, -0.2) is 9.97 Å². The van der Waals surface area contributed by atoms with Crippen molar-refractivity contribution in [1.82, 2.24) is 9.97 Å². The molecule has 0 spiro atoms. The Kier molecular flexibility index (Phi) is 2.14. The van der Waals surface area contributed by atoms with E-state index in [4.69, 9.17) is 11.6 Å². The van der Waals surface area contributed by atoms with Crippen molar-refractivity contribution in [3.63, 3.8) is 0 Å². The summed E-state index contributed by atoms with van der Waals surface area (Å²) in [6.07, 6.45) is 0.505. The number of aromatic amines is 2. The minimum atomic E-state index is -0.572. The molecule has 0 saturated carbocycles. The summed E-state index contributed by atoms with van der Waals surface area (Å²) in [5, 5.41) is 0.126. The van der Waals surface area contributed by atoms with Crippen molar-refractivity contribution in [2.45, 2.75) is 13.3 Å². The smallest absolute Gasteiger partial charge is 0.297 e. The first-order valence-electron chi connectivity index (χ1n) is 3.16. The van der Waals surface area contributed by atoms with E-state index in [-0.39, 0.29) is 5.15 Å². The Morgan fingerprint density at radius 3 is 2.45 bits per heavy atom. The lowest BCUT2D eigenvalue weighted by atomic mass is 10.3. The van der Waals surface area contributed by atoms with E-state index >= 15 is 0 Å². The van der Waals surface area contributed by atoms with Gasteiger partial charge in [-0.05, 0) is 6.42 Å². The zero-order valence-corrected chi connectivity index (χ0v) is 6.66. The number of hydrogen-bond acceptors (Lipinski definition) is 2. The van der Waals surface area contributed by atoms with Crippen LogP contribution >= 0.6 is 11.6 Å². The molecule has 60 valence electrons. The highest BCUT2D eigenvalue weighted by atomic mass is 35.5. The fraction of sp³-hybridized carbons (Fsp3) is 0.333. The van der Waals surface area contributed by atoms with Crippen LogP contribution in [0.1, 0.15) is 12.5 Å². The lowest BCUT2D eigenvalue weighted by molar-refractivity contribution is 0.961. The fourth-order valence-corrected chi connectivity index (χ4v) is 1.11. The molecule has 0 aliphatic heterocycles. The highest BCUT2D eigenvalue weighted by Crippen LogP contribution is 2.04. The van der Waals surface area contributed by atoms with Gasteiger partial charge in [-0.15, -0.1) is 0 Å². The topological polar surface area (TPSA) is 65.7 Å². The minimum Gasteiger partial charge on any atom is -0.297 e. The Morgan fingerprint density at radius 1 is 1.36 bits per heavy atom. The van der Waals surface area contributed by atoms with Crippen LogP contribution in [0.4, 0.5) is 0 Å². The number of nitrogens with one attached hydrogen (secondary N) is 2. The second-order valence-corrected chi connectivity index (χ2v) is 2.43. The first-order valence-corrected chi connectivity index (χ1v) is 3.54.